The molecule has 1 atom stereocenters. The number of nitrogen functional groups attached to an aromatic ring is 1. The van der Waals surface area contributed by atoms with Crippen molar-refractivity contribution >= 4 is 11.7 Å². The topological polar surface area (TPSA) is 84.1 Å². The minimum absolute atomic E-state index is 0.200. The second-order valence-corrected chi connectivity index (χ2v) is 6.10. The van der Waals surface area contributed by atoms with Crippen LogP contribution in [0, 0.1) is 18.8 Å². The lowest BCUT2D eigenvalue weighted by Crippen LogP contribution is -2.31. The van der Waals surface area contributed by atoms with E-state index in [1.807, 2.05) is 11.8 Å². The summed E-state index contributed by atoms with van der Waals surface area (Å²) < 4.78 is 0. The van der Waals surface area contributed by atoms with Gasteiger partial charge in [0.25, 0.3) is 0 Å². The minimum Gasteiger partial charge on any atom is -0.335 e. The zero-order chi connectivity index (χ0) is 15.4. The van der Waals surface area contributed by atoms with Crippen LogP contribution in [0.2, 0.25) is 0 Å². The highest BCUT2D eigenvalue weighted by Crippen LogP contribution is 2.25. The molecule has 1 amide bonds. The normalized spacial score (nSPS) is 19.8. The monoisotopic (exact) mass is 291 g/mol. The molecule has 1 aromatic heterocycles. The van der Waals surface area contributed by atoms with Crippen LogP contribution in [0.3, 0.4) is 0 Å². The largest absolute Gasteiger partial charge is 0.335 e. The van der Waals surface area contributed by atoms with Crippen molar-refractivity contribution in [2.75, 3.05) is 12.0 Å². The van der Waals surface area contributed by atoms with E-state index in [0.717, 1.165) is 25.1 Å². The number of rotatable bonds is 4. The number of carbonyl (C=O) groups excluding carboxylic acids is 1. The van der Waals surface area contributed by atoms with E-state index >= 15 is 0 Å². The lowest BCUT2D eigenvalue weighted by atomic mass is 9.89. The molecular weight excluding hydrogens is 266 g/mol. The first-order chi connectivity index (χ1) is 9.99. The Hall–Kier alpha value is -1.69. The molecule has 0 radical (unpaired) electrons. The SMILES string of the molecule is Cc1cc(NN)nc(CN2CCC(C(C)C)CCC2=O)n1. The molecule has 6 nitrogen and oxygen atoms in total. The van der Waals surface area contributed by atoms with Gasteiger partial charge in [0.05, 0.1) is 6.54 Å². The van der Waals surface area contributed by atoms with Gasteiger partial charge in [-0.1, -0.05) is 13.8 Å². The predicted octanol–water partition coefficient (Wildman–Crippen LogP) is 1.86. The fourth-order valence-electron chi connectivity index (χ4n) is 2.84. The smallest absolute Gasteiger partial charge is 0.222 e. The van der Waals surface area contributed by atoms with Gasteiger partial charge in [0.1, 0.15) is 11.6 Å². The fourth-order valence-corrected chi connectivity index (χ4v) is 2.84. The molecule has 3 N–H and O–H groups in total. The molecule has 2 rings (SSSR count). The standard InChI is InChI=1S/C15H25N5O/c1-10(2)12-4-5-15(21)20(7-6-12)9-14-17-11(3)8-13(18-14)19-16/h8,10,12H,4-7,9,16H2,1-3H3,(H,17,18,19). The third kappa shape index (κ3) is 4.14. The molecular formula is C15H25N5O. The molecule has 0 aliphatic carbocycles. The molecule has 1 saturated heterocycles. The summed E-state index contributed by atoms with van der Waals surface area (Å²) in [7, 11) is 0. The maximum absolute atomic E-state index is 12.3. The van der Waals surface area contributed by atoms with E-state index in [9.17, 15) is 4.79 Å². The first kappa shape index (κ1) is 15.7. The molecule has 1 unspecified atom stereocenters. The van der Waals surface area contributed by atoms with E-state index in [4.69, 9.17) is 5.84 Å². The Morgan fingerprint density at radius 1 is 1.43 bits per heavy atom. The van der Waals surface area contributed by atoms with Gasteiger partial charge in [-0.3, -0.25) is 4.79 Å². The Morgan fingerprint density at radius 2 is 2.19 bits per heavy atom. The second kappa shape index (κ2) is 6.85. The Morgan fingerprint density at radius 3 is 2.86 bits per heavy atom. The van der Waals surface area contributed by atoms with Crippen LogP contribution in [-0.4, -0.2) is 27.3 Å². The van der Waals surface area contributed by atoms with Crippen LogP contribution in [0.1, 0.15) is 44.6 Å². The number of nitrogens with two attached hydrogens (primary N) is 1. The van der Waals surface area contributed by atoms with E-state index in [2.05, 4.69) is 29.2 Å². The van der Waals surface area contributed by atoms with E-state index in [-0.39, 0.29) is 5.91 Å². The number of aromatic nitrogens is 2. The van der Waals surface area contributed by atoms with Crippen LogP contribution in [0.4, 0.5) is 5.82 Å². The van der Waals surface area contributed by atoms with Gasteiger partial charge >= 0.3 is 0 Å². The zero-order valence-corrected chi connectivity index (χ0v) is 13.1. The highest BCUT2D eigenvalue weighted by molar-refractivity contribution is 5.76. The number of hydrogen-bond donors (Lipinski definition) is 2. The van der Waals surface area contributed by atoms with Crippen molar-refractivity contribution in [1.29, 1.82) is 0 Å². The number of amides is 1. The summed E-state index contributed by atoms with van der Waals surface area (Å²) in [5.74, 6) is 8.07. The summed E-state index contributed by atoms with van der Waals surface area (Å²) in [4.78, 5) is 22.8. The van der Waals surface area contributed by atoms with Gasteiger partial charge in [0, 0.05) is 24.7 Å². The lowest BCUT2D eigenvalue weighted by Gasteiger charge is -2.21. The van der Waals surface area contributed by atoms with Crippen molar-refractivity contribution in [2.24, 2.45) is 17.7 Å². The molecule has 0 aromatic carbocycles. The van der Waals surface area contributed by atoms with Gasteiger partial charge in [-0.2, -0.15) is 0 Å². The molecule has 116 valence electrons. The summed E-state index contributed by atoms with van der Waals surface area (Å²) in [5, 5.41) is 0. The zero-order valence-electron chi connectivity index (χ0n) is 13.1. The van der Waals surface area contributed by atoms with Crippen molar-refractivity contribution in [3.63, 3.8) is 0 Å². The molecule has 0 saturated carbocycles. The van der Waals surface area contributed by atoms with Gasteiger partial charge in [0.2, 0.25) is 5.91 Å². The van der Waals surface area contributed by atoms with Gasteiger partial charge in [0.15, 0.2) is 0 Å². The number of hydrazine groups is 1. The van der Waals surface area contributed by atoms with Crippen LogP contribution < -0.4 is 11.3 Å². The van der Waals surface area contributed by atoms with Crippen LogP contribution in [-0.2, 0) is 11.3 Å². The summed E-state index contributed by atoms with van der Waals surface area (Å²) in [6, 6.07) is 1.78. The van der Waals surface area contributed by atoms with E-state index in [1.165, 1.54) is 0 Å². The van der Waals surface area contributed by atoms with E-state index in [1.54, 1.807) is 6.07 Å². The van der Waals surface area contributed by atoms with Crippen molar-refractivity contribution < 1.29 is 4.79 Å². The Bertz CT molecular complexity index is 503. The first-order valence-electron chi connectivity index (χ1n) is 7.58. The van der Waals surface area contributed by atoms with Gasteiger partial charge in [-0.25, -0.2) is 15.8 Å². The van der Waals surface area contributed by atoms with Gasteiger partial charge < -0.3 is 10.3 Å². The molecule has 0 bridgehead atoms. The molecule has 6 heteroatoms. The Kier molecular flexibility index (Phi) is 5.12. The maximum atomic E-state index is 12.3. The number of carbonyl (C=O) groups is 1. The minimum atomic E-state index is 0.200. The average Bonchev–Trinajstić information content (AvgIpc) is 2.61. The second-order valence-electron chi connectivity index (χ2n) is 6.10. The number of nitrogens with one attached hydrogen (secondary N) is 1. The van der Waals surface area contributed by atoms with Gasteiger partial charge in [-0.15, -0.1) is 0 Å². The Labute approximate surface area is 126 Å². The highest BCUT2D eigenvalue weighted by atomic mass is 16.2. The Balaban J connectivity index is 2.08. The van der Waals surface area contributed by atoms with Crippen LogP contribution >= 0.6 is 0 Å². The van der Waals surface area contributed by atoms with Crippen LogP contribution in [0.5, 0.6) is 0 Å². The average molecular weight is 291 g/mol. The molecule has 1 fully saturated rings. The third-order valence-electron chi connectivity index (χ3n) is 4.18. The molecule has 0 spiro atoms. The fraction of sp³-hybridized carbons (Fsp3) is 0.667. The number of nitrogens with zero attached hydrogens (tertiary/aromatic N) is 3. The lowest BCUT2D eigenvalue weighted by molar-refractivity contribution is -0.131. The number of aryl methyl sites for hydroxylation is 1. The summed E-state index contributed by atoms with van der Waals surface area (Å²) >= 11 is 0. The third-order valence-corrected chi connectivity index (χ3v) is 4.18. The molecule has 1 aliphatic rings. The summed E-state index contributed by atoms with van der Waals surface area (Å²) in [6.07, 6.45) is 2.66. The van der Waals surface area contributed by atoms with E-state index in [0.29, 0.717) is 36.4 Å². The van der Waals surface area contributed by atoms with Gasteiger partial charge in [-0.05, 0) is 31.6 Å². The number of anilines is 1. The molecule has 21 heavy (non-hydrogen) atoms. The number of hydrogen-bond acceptors (Lipinski definition) is 5. The van der Waals surface area contributed by atoms with Crippen molar-refractivity contribution in [2.45, 2.75) is 46.6 Å². The highest BCUT2D eigenvalue weighted by Gasteiger charge is 2.24. The summed E-state index contributed by atoms with van der Waals surface area (Å²) in [5.41, 5.74) is 3.38. The summed E-state index contributed by atoms with van der Waals surface area (Å²) in [6.45, 7) is 7.59. The predicted molar refractivity (Wildman–Crippen MR) is 82.2 cm³/mol. The maximum Gasteiger partial charge on any atom is 0.222 e. The quantitative estimate of drug-likeness (QED) is 0.653. The van der Waals surface area contributed by atoms with Crippen molar-refractivity contribution in [1.82, 2.24) is 14.9 Å². The first-order valence-corrected chi connectivity index (χ1v) is 7.58. The van der Waals surface area contributed by atoms with Crippen molar-refractivity contribution in [3.8, 4) is 0 Å². The molecule has 1 aromatic rings. The number of likely N-dealkylation sites (tertiary alicyclic amines) is 1. The van der Waals surface area contributed by atoms with Crippen LogP contribution in [0.15, 0.2) is 6.07 Å². The molecule has 2 heterocycles. The van der Waals surface area contributed by atoms with E-state index < -0.39 is 0 Å². The molecule has 1 aliphatic heterocycles. The van der Waals surface area contributed by atoms with Crippen LogP contribution in [0.25, 0.3) is 0 Å². The van der Waals surface area contributed by atoms with Crippen molar-refractivity contribution in [3.05, 3.63) is 17.6 Å².